The molecule has 1 aliphatic rings. The van der Waals surface area contributed by atoms with Gasteiger partial charge in [-0.25, -0.2) is 4.68 Å². The molecule has 1 saturated heterocycles. The van der Waals surface area contributed by atoms with Gasteiger partial charge in [-0.05, 0) is 44.9 Å². The van der Waals surface area contributed by atoms with E-state index in [0.29, 0.717) is 41.6 Å². The Morgan fingerprint density at radius 1 is 1.17 bits per heavy atom. The summed E-state index contributed by atoms with van der Waals surface area (Å²) in [4.78, 5) is 14.7. The van der Waals surface area contributed by atoms with Crippen molar-refractivity contribution in [3.8, 4) is 5.82 Å². The van der Waals surface area contributed by atoms with Crippen molar-refractivity contribution in [1.29, 1.82) is 0 Å². The van der Waals surface area contributed by atoms with Gasteiger partial charge in [-0.15, -0.1) is 15.3 Å². The molecule has 148 valence electrons. The zero-order valence-electron chi connectivity index (χ0n) is 16.2. The number of aromatic nitrogens is 7. The third-order valence-electron chi connectivity index (χ3n) is 5.41. The van der Waals surface area contributed by atoms with Crippen LogP contribution in [-0.2, 0) is 0 Å². The summed E-state index contributed by atoms with van der Waals surface area (Å²) in [5.41, 5.74) is 1.90. The maximum Gasteiger partial charge on any atom is 0.259 e. The van der Waals surface area contributed by atoms with Crippen LogP contribution in [0.2, 0.25) is 0 Å². The average Bonchev–Trinajstić information content (AvgIpc) is 3.48. The van der Waals surface area contributed by atoms with E-state index in [9.17, 15) is 4.79 Å². The number of aryl methyl sites for hydroxylation is 2. The van der Waals surface area contributed by atoms with E-state index in [1.807, 2.05) is 29.3 Å². The van der Waals surface area contributed by atoms with Crippen LogP contribution in [0.25, 0.3) is 11.5 Å². The van der Waals surface area contributed by atoms with Gasteiger partial charge in [0.25, 0.3) is 5.91 Å². The normalized spacial score (nSPS) is 15.3. The number of piperidine rings is 1. The summed E-state index contributed by atoms with van der Waals surface area (Å²) in [7, 11) is 0. The molecule has 0 unspecified atom stereocenters. The first-order chi connectivity index (χ1) is 14.1. The fourth-order valence-corrected chi connectivity index (χ4v) is 3.86. The predicted molar refractivity (Wildman–Crippen MR) is 102 cm³/mol. The van der Waals surface area contributed by atoms with Crippen LogP contribution in [0.5, 0.6) is 0 Å². The number of carbonyl (C=O) groups is 1. The predicted octanol–water partition coefficient (Wildman–Crippen LogP) is 1.93. The number of hydrogen-bond donors (Lipinski definition) is 0. The van der Waals surface area contributed by atoms with Gasteiger partial charge in [0.05, 0.1) is 5.69 Å². The Labute approximate surface area is 166 Å². The van der Waals surface area contributed by atoms with Gasteiger partial charge in [0.15, 0.2) is 17.3 Å². The van der Waals surface area contributed by atoms with Gasteiger partial charge in [-0.1, -0.05) is 5.16 Å². The second-order valence-corrected chi connectivity index (χ2v) is 7.24. The smallest absolute Gasteiger partial charge is 0.259 e. The molecule has 4 aromatic rings. The van der Waals surface area contributed by atoms with E-state index in [0.717, 1.165) is 18.7 Å². The Hall–Kier alpha value is -3.56. The molecule has 0 spiro atoms. The van der Waals surface area contributed by atoms with Crippen LogP contribution in [0, 0.1) is 13.8 Å². The number of fused-ring (bicyclic) bond motifs is 1. The minimum Gasteiger partial charge on any atom is -0.361 e. The molecule has 1 fully saturated rings. The van der Waals surface area contributed by atoms with Crippen molar-refractivity contribution in [2.75, 3.05) is 13.1 Å². The minimum absolute atomic E-state index is 0.0232. The summed E-state index contributed by atoms with van der Waals surface area (Å²) in [6, 6.07) is 5.60. The zero-order chi connectivity index (χ0) is 20.0. The summed E-state index contributed by atoms with van der Waals surface area (Å²) in [6.07, 6.45) is 5.15. The molecule has 0 aromatic carbocycles. The Morgan fingerprint density at radius 3 is 2.69 bits per heavy atom. The van der Waals surface area contributed by atoms with Crippen LogP contribution in [0.3, 0.4) is 0 Å². The molecule has 0 bridgehead atoms. The van der Waals surface area contributed by atoms with E-state index in [1.54, 1.807) is 29.2 Å². The number of amides is 1. The first-order valence-electron chi connectivity index (χ1n) is 9.56. The summed E-state index contributed by atoms with van der Waals surface area (Å²) in [5.74, 6) is 2.24. The van der Waals surface area contributed by atoms with Gasteiger partial charge in [-0.2, -0.15) is 9.61 Å². The van der Waals surface area contributed by atoms with Crippen LogP contribution in [0.15, 0.2) is 35.1 Å². The number of nitrogens with zero attached hydrogens (tertiary/aromatic N) is 8. The number of likely N-dealkylation sites (tertiary alicyclic amines) is 1. The lowest BCUT2D eigenvalue weighted by atomic mass is 9.95. The molecule has 10 nitrogen and oxygen atoms in total. The Balaban J connectivity index is 1.36. The zero-order valence-corrected chi connectivity index (χ0v) is 16.2. The summed E-state index contributed by atoms with van der Waals surface area (Å²) in [5, 5.41) is 21.4. The molecule has 5 heterocycles. The molecular weight excluding hydrogens is 372 g/mol. The molecule has 29 heavy (non-hydrogen) atoms. The van der Waals surface area contributed by atoms with Crippen LogP contribution in [0.4, 0.5) is 0 Å². The quantitative estimate of drug-likeness (QED) is 0.524. The van der Waals surface area contributed by atoms with Crippen LogP contribution < -0.4 is 0 Å². The molecule has 1 aliphatic heterocycles. The van der Waals surface area contributed by atoms with E-state index in [2.05, 4.69) is 25.6 Å². The van der Waals surface area contributed by atoms with Crippen molar-refractivity contribution in [2.45, 2.75) is 32.6 Å². The number of rotatable bonds is 3. The molecule has 5 rings (SSSR count). The lowest BCUT2D eigenvalue weighted by Gasteiger charge is -2.31. The van der Waals surface area contributed by atoms with Crippen LogP contribution in [0.1, 0.15) is 46.4 Å². The van der Waals surface area contributed by atoms with Crippen molar-refractivity contribution >= 4 is 11.6 Å². The Kier molecular flexibility index (Phi) is 4.11. The van der Waals surface area contributed by atoms with E-state index in [1.165, 1.54) is 0 Å². The lowest BCUT2D eigenvalue weighted by molar-refractivity contribution is 0.0708. The Bertz CT molecular complexity index is 1150. The molecule has 0 saturated carbocycles. The maximum atomic E-state index is 12.9. The number of hydrogen-bond acceptors (Lipinski definition) is 7. The van der Waals surface area contributed by atoms with Crippen LogP contribution in [-0.4, -0.2) is 58.6 Å². The average molecular weight is 392 g/mol. The summed E-state index contributed by atoms with van der Waals surface area (Å²) < 4.78 is 8.63. The largest absolute Gasteiger partial charge is 0.361 e. The molecule has 4 aromatic heterocycles. The molecule has 10 heteroatoms. The van der Waals surface area contributed by atoms with Gasteiger partial charge in [0.1, 0.15) is 11.3 Å². The fourth-order valence-electron chi connectivity index (χ4n) is 3.86. The topological polar surface area (TPSA) is 107 Å². The molecule has 0 atom stereocenters. The molecule has 1 amide bonds. The number of carbonyl (C=O) groups excluding carboxylic acids is 1. The van der Waals surface area contributed by atoms with Crippen molar-refractivity contribution in [3.05, 3.63) is 53.4 Å². The third-order valence-corrected chi connectivity index (χ3v) is 5.41. The van der Waals surface area contributed by atoms with Crippen LogP contribution >= 0.6 is 0 Å². The van der Waals surface area contributed by atoms with Gasteiger partial charge in [0, 0.05) is 31.4 Å². The van der Waals surface area contributed by atoms with Crippen molar-refractivity contribution in [2.24, 2.45) is 0 Å². The monoisotopic (exact) mass is 392 g/mol. The molecule has 0 aliphatic carbocycles. The molecular formula is C19H20N8O2. The second kappa shape index (κ2) is 6.80. The first kappa shape index (κ1) is 17.5. The van der Waals surface area contributed by atoms with E-state index < -0.39 is 0 Å². The highest BCUT2D eigenvalue weighted by atomic mass is 16.5. The minimum atomic E-state index is -0.0232. The fraction of sp³-hybridized carbons (Fsp3) is 0.368. The second-order valence-electron chi connectivity index (χ2n) is 7.24. The highest BCUT2D eigenvalue weighted by molar-refractivity contribution is 5.96. The highest BCUT2D eigenvalue weighted by Crippen LogP contribution is 2.28. The van der Waals surface area contributed by atoms with Crippen molar-refractivity contribution in [3.63, 3.8) is 0 Å². The van der Waals surface area contributed by atoms with Gasteiger partial charge in [0.2, 0.25) is 0 Å². The van der Waals surface area contributed by atoms with Gasteiger partial charge in [-0.3, -0.25) is 4.79 Å². The van der Waals surface area contributed by atoms with Crippen molar-refractivity contribution < 1.29 is 9.32 Å². The van der Waals surface area contributed by atoms with Gasteiger partial charge < -0.3 is 9.42 Å². The Morgan fingerprint density at radius 2 is 2.00 bits per heavy atom. The lowest BCUT2D eigenvalue weighted by Crippen LogP contribution is -2.38. The van der Waals surface area contributed by atoms with Crippen molar-refractivity contribution in [1.82, 2.24) is 39.6 Å². The standard InChI is InChI=1S/C19H20N8O2/c1-12-17(13(2)29-24-12)19(28)25-10-6-14(7-11-25)18-22-21-15-4-5-16(23-27(15)18)26-9-3-8-20-26/h3-5,8-9,14H,6-7,10-11H2,1-2H3. The van der Waals surface area contributed by atoms with E-state index >= 15 is 0 Å². The summed E-state index contributed by atoms with van der Waals surface area (Å²) >= 11 is 0. The SMILES string of the molecule is Cc1noc(C)c1C(=O)N1CCC(c2nnc3ccc(-n4cccn4)nn23)CC1. The maximum absolute atomic E-state index is 12.9. The van der Waals surface area contributed by atoms with E-state index in [-0.39, 0.29) is 11.8 Å². The highest BCUT2D eigenvalue weighted by Gasteiger charge is 2.30. The van der Waals surface area contributed by atoms with E-state index in [4.69, 9.17) is 4.52 Å². The summed E-state index contributed by atoms with van der Waals surface area (Å²) in [6.45, 7) is 4.84. The molecule has 0 N–H and O–H groups in total. The first-order valence-corrected chi connectivity index (χ1v) is 9.56. The van der Waals surface area contributed by atoms with Gasteiger partial charge >= 0.3 is 0 Å². The molecule has 0 radical (unpaired) electrons. The third kappa shape index (κ3) is 2.96.